The molecule has 2 aliphatic rings. The van der Waals surface area contributed by atoms with Crippen LogP contribution in [0.3, 0.4) is 0 Å². The summed E-state index contributed by atoms with van der Waals surface area (Å²) in [6, 6.07) is 5.63. The summed E-state index contributed by atoms with van der Waals surface area (Å²) in [5.41, 5.74) is 1.70. The van der Waals surface area contributed by atoms with E-state index in [4.69, 9.17) is 4.74 Å². The predicted molar refractivity (Wildman–Crippen MR) is 99.7 cm³/mol. The number of ether oxygens (including phenoxy) is 1. The summed E-state index contributed by atoms with van der Waals surface area (Å²) in [4.78, 5) is 40.1. The summed E-state index contributed by atoms with van der Waals surface area (Å²) < 4.78 is 5.38. The quantitative estimate of drug-likeness (QED) is 0.870. The van der Waals surface area contributed by atoms with E-state index in [9.17, 15) is 19.5 Å². The van der Waals surface area contributed by atoms with Crippen molar-refractivity contribution in [2.45, 2.75) is 26.7 Å². The van der Waals surface area contributed by atoms with Crippen LogP contribution in [0.2, 0.25) is 0 Å². The molecule has 3 unspecified atom stereocenters. The monoisotopic (exact) mass is 374 g/mol. The highest BCUT2D eigenvalue weighted by atomic mass is 16.5. The van der Waals surface area contributed by atoms with Crippen molar-refractivity contribution in [2.24, 2.45) is 17.8 Å². The van der Waals surface area contributed by atoms with Crippen LogP contribution >= 0.6 is 0 Å². The molecule has 3 rings (SSSR count). The Morgan fingerprint density at radius 2 is 2.00 bits per heavy atom. The fourth-order valence-corrected chi connectivity index (χ4v) is 4.09. The Morgan fingerprint density at radius 3 is 2.63 bits per heavy atom. The van der Waals surface area contributed by atoms with Gasteiger partial charge >= 0.3 is 5.97 Å². The number of carbonyl (C=O) groups is 3. The molecule has 2 saturated heterocycles. The minimum absolute atomic E-state index is 0.0619. The van der Waals surface area contributed by atoms with E-state index >= 15 is 0 Å². The zero-order valence-corrected chi connectivity index (χ0v) is 16.0. The summed E-state index contributed by atoms with van der Waals surface area (Å²) in [6.45, 7) is 4.99. The highest BCUT2D eigenvalue weighted by molar-refractivity contribution is 6.01. The SMILES string of the molecule is COc1ccc(C)cc1N1CC(C(=O)N2CCC(C(=O)O)C(C)C2)CC1=O. The number of aryl methyl sites for hydroxylation is 1. The van der Waals surface area contributed by atoms with Crippen molar-refractivity contribution in [3.63, 3.8) is 0 Å². The van der Waals surface area contributed by atoms with Gasteiger partial charge in [0.05, 0.1) is 24.6 Å². The van der Waals surface area contributed by atoms with Gasteiger partial charge in [-0.15, -0.1) is 0 Å². The molecule has 2 fully saturated rings. The smallest absolute Gasteiger partial charge is 0.306 e. The number of methoxy groups -OCH3 is 1. The van der Waals surface area contributed by atoms with Crippen LogP contribution in [0, 0.1) is 24.7 Å². The summed E-state index contributed by atoms with van der Waals surface area (Å²) in [5, 5.41) is 9.25. The molecule has 0 saturated carbocycles. The number of carbonyl (C=O) groups excluding carboxylic acids is 2. The second kappa shape index (κ2) is 7.58. The first-order chi connectivity index (χ1) is 12.8. The number of carboxylic acid groups (broad SMARTS) is 1. The Bertz CT molecular complexity index is 763. The van der Waals surface area contributed by atoms with Gasteiger partial charge < -0.3 is 19.6 Å². The molecule has 0 aliphatic carbocycles. The number of aliphatic carboxylic acids is 1. The van der Waals surface area contributed by atoms with Crippen molar-refractivity contribution >= 4 is 23.5 Å². The third-order valence-electron chi connectivity index (χ3n) is 5.63. The topological polar surface area (TPSA) is 87.2 Å². The molecule has 3 atom stereocenters. The molecule has 2 heterocycles. The fraction of sp³-hybridized carbons (Fsp3) is 0.550. The van der Waals surface area contributed by atoms with Crippen molar-refractivity contribution in [1.82, 2.24) is 4.90 Å². The van der Waals surface area contributed by atoms with Crippen LogP contribution in [0.25, 0.3) is 0 Å². The number of hydrogen-bond acceptors (Lipinski definition) is 4. The molecule has 1 aromatic carbocycles. The highest BCUT2D eigenvalue weighted by Gasteiger charge is 2.40. The number of benzene rings is 1. The first kappa shape index (κ1) is 19.2. The van der Waals surface area contributed by atoms with E-state index in [0.717, 1.165) is 5.56 Å². The standard InChI is InChI=1S/C20H26N2O5/c1-12-4-5-17(27-3)16(8-12)22-11-14(9-18(22)23)19(24)21-7-6-15(20(25)26)13(2)10-21/h4-5,8,13-15H,6-7,9-11H2,1-3H3,(H,25,26). The van der Waals surface area contributed by atoms with E-state index in [1.165, 1.54) is 0 Å². The van der Waals surface area contributed by atoms with Gasteiger partial charge in [0.25, 0.3) is 0 Å². The number of piperidine rings is 1. The van der Waals surface area contributed by atoms with Crippen LogP contribution in [-0.4, -0.2) is 54.5 Å². The summed E-state index contributed by atoms with van der Waals surface area (Å²) in [6.07, 6.45) is 0.626. The largest absolute Gasteiger partial charge is 0.495 e. The third-order valence-corrected chi connectivity index (χ3v) is 5.63. The number of carboxylic acids is 1. The van der Waals surface area contributed by atoms with Crippen molar-refractivity contribution in [3.05, 3.63) is 23.8 Å². The van der Waals surface area contributed by atoms with Crippen LogP contribution in [0.5, 0.6) is 5.75 Å². The van der Waals surface area contributed by atoms with Gasteiger partial charge in [-0.3, -0.25) is 14.4 Å². The van der Waals surface area contributed by atoms with Crippen LogP contribution < -0.4 is 9.64 Å². The van der Waals surface area contributed by atoms with Crippen molar-refractivity contribution < 1.29 is 24.2 Å². The molecule has 0 spiro atoms. The molecule has 146 valence electrons. The van der Waals surface area contributed by atoms with Crippen LogP contribution in [0.15, 0.2) is 18.2 Å². The Morgan fingerprint density at radius 1 is 1.26 bits per heavy atom. The summed E-state index contributed by atoms with van der Waals surface area (Å²) >= 11 is 0. The van der Waals surface area contributed by atoms with Crippen LogP contribution in [0.4, 0.5) is 5.69 Å². The summed E-state index contributed by atoms with van der Waals surface area (Å²) in [5.74, 6) is -1.26. The number of likely N-dealkylation sites (tertiary alicyclic amines) is 1. The molecule has 0 aromatic heterocycles. The molecule has 0 radical (unpaired) electrons. The van der Waals surface area contributed by atoms with Crippen LogP contribution in [0.1, 0.15) is 25.3 Å². The van der Waals surface area contributed by atoms with Crippen molar-refractivity contribution in [1.29, 1.82) is 0 Å². The number of rotatable bonds is 4. The minimum Gasteiger partial charge on any atom is -0.495 e. The van der Waals surface area contributed by atoms with Gasteiger partial charge in [-0.1, -0.05) is 13.0 Å². The number of nitrogens with zero attached hydrogens (tertiary/aromatic N) is 2. The average molecular weight is 374 g/mol. The molecule has 2 amide bonds. The first-order valence-corrected chi connectivity index (χ1v) is 9.28. The lowest BCUT2D eigenvalue weighted by molar-refractivity contribution is -0.149. The van der Waals surface area contributed by atoms with Crippen LogP contribution in [-0.2, 0) is 14.4 Å². The zero-order chi connectivity index (χ0) is 19.7. The Labute approximate surface area is 158 Å². The predicted octanol–water partition coefficient (Wildman–Crippen LogP) is 1.93. The van der Waals surface area contributed by atoms with Gasteiger partial charge in [0.15, 0.2) is 0 Å². The number of anilines is 1. The lowest BCUT2D eigenvalue weighted by Crippen LogP contribution is -2.47. The second-order valence-electron chi connectivity index (χ2n) is 7.58. The number of hydrogen-bond donors (Lipinski definition) is 1. The second-order valence-corrected chi connectivity index (χ2v) is 7.58. The maximum Gasteiger partial charge on any atom is 0.306 e. The van der Waals surface area contributed by atoms with E-state index in [0.29, 0.717) is 37.5 Å². The maximum absolute atomic E-state index is 12.9. The Kier molecular flexibility index (Phi) is 5.39. The highest BCUT2D eigenvalue weighted by Crippen LogP contribution is 2.35. The van der Waals surface area contributed by atoms with Gasteiger partial charge in [0, 0.05) is 26.1 Å². The Balaban J connectivity index is 1.72. The van der Waals surface area contributed by atoms with Gasteiger partial charge in [0.2, 0.25) is 11.8 Å². The zero-order valence-electron chi connectivity index (χ0n) is 16.0. The molecule has 1 N–H and O–H groups in total. The summed E-state index contributed by atoms with van der Waals surface area (Å²) in [7, 11) is 1.56. The lowest BCUT2D eigenvalue weighted by atomic mass is 9.86. The molecule has 7 nitrogen and oxygen atoms in total. The van der Waals surface area contributed by atoms with E-state index < -0.39 is 17.8 Å². The fourth-order valence-electron chi connectivity index (χ4n) is 4.09. The average Bonchev–Trinajstić information content (AvgIpc) is 3.02. The van der Waals surface area contributed by atoms with E-state index in [1.54, 1.807) is 16.9 Å². The first-order valence-electron chi connectivity index (χ1n) is 9.28. The molecular formula is C20H26N2O5. The van der Waals surface area contributed by atoms with E-state index in [2.05, 4.69) is 0 Å². The molecule has 0 bridgehead atoms. The van der Waals surface area contributed by atoms with Gasteiger partial charge in [0.1, 0.15) is 5.75 Å². The van der Waals surface area contributed by atoms with Gasteiger partial charge in [-0.2, -0.15) is 0 Å². The van der Waals surface area contributed by atoms with Crippen molar-refractivity contribution in [2.75, 3.05) is 31.6 Å². The third kappa shape index (κ3) is 3.77. The van der Waals surface area contributed by atoms with E-state index in [-0.39, 0.29) is 24.2 Å². The number of amides is 2. The van der Waals surface area contributed by atoms with Gasteiger partial charge in [-0.25, -0.2) is 0 Å². The molecular weight excluding hydrogens is 348 g/mol. The van der Waals surface area contributed by atoms with Gasteiger partial charge in [-0.05, 0) is 37.0 Å². The van der Waals surface area contributed by atoms with Crippen molar-refractivity contribution in [3.8, 4) is 5.75 Å². The van der Waals surface area contributed by atoms with E-state index in [1.807, 2.05) is 32.0 Å². The lowest BCUT2D eigenvalue weighted by Gasteiger charge is -2.36. The molecule has 27 heavy (non-hydrogen) atoms. The normalized spacial score (nSPS) is 25.6. The molecule has 2 aliphatic heterocycles. The minimum atomic E-state index is -0.802. The maximum atomic E-state index is 12.9. The Hall–Kier alpha value is -2.57. The molecule has 1 aromatic rings. The molecule has 7 heteroatoms.